The topological polar surface area (TPSA) is 58.3 Å². The number of benzene rings is 1. The normalized spacial score (nSPS) is 26.7. The van der Waals surface area contributed by atoms with Gasteiger partial charge in [0.25, 0.3) is 18.5 Å². The number of ether oxygens (including phenoxy) is 1. The summed E-state index contributed by atoms with van der Waals surface area (Å²) in [5, 5.41) is 2.96. The number of hydrogen-bond acceptors (Lipinski definition) is 5. The second-order valence-corrected chi connectivity index (χ2v) is 16.9. The minimum atomic E-state index is -3.03. The second kappa shape index (κ2) is 6.22. The van der Waals surface area contributed by atoms with E-state index >= 15 is 0 Å². The molecule has 1 unspecified atom stereocenters. The van der Waals surface area contributed by atoms with Gasteiger partial charge in [-0.1, -0.05) is 6.07 Å². The Morgan fingerprint density at radius 2 is 1.65 bits per heavy atom. The van der Waals surface area contributed by atoms with Crippen LogP contribution in [0.25, 0.3) is 0 Å². The molecular formula is C7H8Cl5N4OP3. The SMILES string of the molecule is COc1cccc(NP2(Cl)=NP(Cl)(Cl)=NP(Cl)(Cl)=N2)c1. The van der Waals surface area contributed by atoms with E-state index in [4.69, 9.17) is 60.9 Å². The van der Waals surface area contributed by atoms with Gasteiger partial charge in [-0.3, -0.25) is 0 Å². The van der Waals surface area contributed by atoms with E-state index in [-0.39, 0.29) is 0 Å². The Morgan fingerprint density at radius 1 is 1.00 bits per heavy atom. The molecule has 1 heterocycles. The van der Waals surface area contributed by atoms with Crippen LogP contribution in [0, 0.1) is 0 Å². The van der Waals surface area contributed by atoms with Crippen molar-refractivity contribution in [1.29, 1.82) is 0 Å². The number of nitrogens with zero attached hydrogens (tertiary/aromatic N) is 3. The molecular weight excluding hydrogens is 426 g/mol. The third kappa shape index (κ3) is 4.73. The molecule has 1 aromatic carbocycles. The van der Waals surface area contributed by atoms with Gasteiger partial charge in [0.2, 0.25) is 0 Å². The fraction of sp³-hybridized carbons (Fsp3) is 0.143. The first kappa shape index (κ1) is 17.3. The van der Waals surface area contributed by atoms with Crippen molar-refractivity contribution in [3.05, 3.63) is 24.3 Å². The van der Waals surface area contributed by atoms with E-state index in [0.717, 1.165) is 0 Å². The molecule has 5 nitrogen and oxygen atoms in total. The third-order valence-electron chi connectivity index (χ3n) is 2.01. The van der Waals surface area contributed by atoms with Crippen molar-refractivity contribution in [3.63, 3.8) is 0 Å². The molecule has 0 aliphatic carbocycles. The van der Waals surface area contributed by atoms with Gasteiger partial charge in [0.15, 0.2) is 0 Å². The zero-order valence-corrected chi connectivity index (χ0v) is 16.3. The van der Waals surface area contributed by atoms with Gasteiger partial charge in [-0.25, -0.2) is 0 Å². The maximum Gasteiger partial charge on any atom is 0.261 e. The summed E-state index contributed by atoms with van der Waals surface area (Å²) in [7, 11) is 1.56. The predicted molar refractivity (Wildman–Crippen MR) is 93.9 cm³/mol. The predicted octanol–water partition coefficient (Wildman–Crippen LogP) is 8.15. The van der Waals surface area contributed by atoms with Crippen LogP contribution in [0.3, 0.4) is 0 Å². The van der Waals surface area contributed by atoms with Gasteiger partial charge < -0.3 is 9.82 Å². The highest BCUT2D eigenvalue weighted by molar-refractivity contribution is 8.22. The van der Waals surface area contributed by atoms with Crippen LogP contribution in [0.4, 0.5) is 5.69 Å². The van der Waals surface area contributed by atoms with Gasteiger partial charge in [0.1, 0.15) is 5.75 Å². The Kier molecular flexibility index (Phi) is 5.39. The molecule has 0 saturated heterocycles. The van der Waals surface area contributed by atoms with Crippen LogP contribution < -0.4 is 9.82 Å². The molecule has 0 spiro atoms. The number of rotatable bonds is 3. The molecule has 2 rings (SSSR count). The highest BCUT2D eigenvalue weighted by Crippen LogP contribution is 2.86. The van der Waals surface area contributed by atoms with Crippen molar-refractivity contribution >= 4 is 80.4 Å². The maximum absolute atomic E-state index is 6.36. The van der Waals surface area contributed by atoms with Crippen LogP contribution >= 0.6 is 74.7 Å². The Hall–Kier alpha value is 0.960. The summed E-state index contributed by atoms with van der Waals surface area (Å²) in [4.78, 5) is 0. The molecule has 1 aliphatic rings. The van der Waals surface area contributed by atoms with E-state index in [0.29, 0.717) is 11.4 Å². The van der Waals surface area contributed by atoms with Gasteiger partial charge in [0.05, 0.1) is 7.11 Å². The van der Waals surface area contributed by atoms with Crippen LogP contribution in [0.15, 0.2) is 37.8 Å². The molecule has 0 amide bonds. The second-order valence-electron chi connectivity index (χ2n) is 3.55. The maximum atomic E-state index is 6.36. The van der Waals surface area contributed by atoms with E-state index in [2.05, 4.69) is 18.6 Å². The largest absolute Gasteiger partial charge is 0.497 e. The van der Waals surface area contributed by atoms with Gasteiger partial charge in [-0.2, -0.15) is 13.5 Å². The van der Waals surface area contributed by atoms with Crippen LogP contribution in [0.2, 0.25) is 0 Å². The average Bonchev–Trinajstić information content (AvgIpc) is 2.23. The van der Waals surface area contributed by atoms with Crippen LogP contribution in [-0.4, -0.2) is 7.11 Å². The fourth-order valence-corrected chi connectivity index (χ4v) is 18.5. The Balaban J connectivity index is 2.45. The molecule has 20 heavy (non-hydrogen) atoms. The smallest absolute Gasteiger partial charge is 0.261 e. The molecule has 0 fully saturated rings. The monoisotopic (exact) mass is 432 g/mol. The zero-order valence-electron chi connectivity index (χ0n) is 9.79. The third-order valence-corrected chi connectivity index (χ3v) is 14.2. The van der Waals surface area contributed by atoms with Gasteiger partial charge in [-0.05, 0) is 68.3 Å². The molecule has 0 aromatic heterocycles. The highest BCUT2D eigenvalue weighted by atomic mass is 35.9. The van der Waals surface area contributed by atoms with Crippen LogP contribution in [-0.2, 0) is 0 Å². The summed E-state index contributed by atoms with van der Waals surface area (Å²) in [6.07, 6.45) is 0. The Morgan fingerprint density at radius 3 is 2.25 bits per heavy atom. The first-order valence-corrected chi connectivity index (χ1v) is 14.6. The molecule has 0 bridgehead atoms. The van der Waals surface area contributed by atoms with Gasteiger partial charge in [0, 0.05) is 11.8 Å². The summed E-state index contributed by atoms with van der Waals surface area (Å²) in [6, 6.07) is 7.07. The van der Waals surface area contributed by atoms with E-state index in [1.165, 1.54) is 0 Å². The quantitative estimate of drug-likeness (QED) is 0.488. The van der Waals surface area contributed by atoms with E-state index in [9.17, 15) is 0 Å². The molecule has 1 atom stereocenters. The first-order chi connectivity index (χ1) is 9.13. The van der Waals surface area contributed by atoms with Crippen molar-refractivity contribution in [3.8, 4) is 5.75 Å². The lowest BCUT2D eigenvalue weighted by Crippen LogP contribution is -1.91. The van der Waals surface area contributed by atoms with Crippen LogP contribution in [0.1, 0.15) is 0 Å². The Labute approximate surface area is 140 Å². The summed E-state index contributed by atoms with van der Waals surface area (Å²) in [5.74, 6) is -5.40. The van der Waals surface area contributed by atoms with E-state index < -0.39 is 18.5 Å². The minimum Gasteiger partial charge on any atom is -0.497 e. The van der Waals surface area contributed by atoms with Crippen molar-refractivity contribution in [1.82, 2.24) is 0 Å². The average molecular weight is 434 g/mol. The van der Waals surface area contributed by atoms with E-state index in [1.807, 2.05) is 0 Å². The molecule has 0 saturated carbocycles. The molecule has 0 radical (unpaired) electrons. The van der Waals surface area contributed by atoms with Crippen molar-refractivity contribution in [2.24, 2.45) is 13.5 Å². The number of nitrogens with one attached hydrogen (secondary N) is 1. The minimum absolute atomic E-state index is 0.642. The van der Waals surface area contributed by atoms with Crippen molar-refractivity contribution in [2.45, 2.75) is 0 Å². The molecule has 112 valence electrons. The lowest BCUT2D eigenvalue weighted by molar-refractivity contribution is 0.415. The lowest BCUT2D eigenvalue weighted by Gasteiger charge is -2.23. The summed E-state index contributed by atoms with van der Waals surface area (Å²) >= 11 is 30.3. The number of anilines is 1. The number of hydrogen-bond donors (Lipinski definition) is 1. The summed E-state index contributed by atoms with van der Waals surface area (Å²) in [6.45, 7) is -2.96. The molecule has 1 N–H and O–H groups in total. The van der Waals surface area contributed by atoms with Crippen molar-refractivity contribution in [2.75, 3.05) is 12.2 Å². The summed E-state index contributed by atoms with van der Waals surface area (Å²) < 4.78 is 17.1. The Bertz CT molecular complexity index is 688. The van der Waals surface area contributed by atoms with Gasteiger partial charge in [-0.15, -0.1) is 0 Å². The van der Waals surface area contributed by atoms with Crippen LogP contribution in [0.5, 0.6) is 5.75 Å². The first-order valence-electron chi connectivity index (χ1n) is 4.95. The van der Waals surface area contributed by atoms with Gasteiger partial charge >= 0.3 is 0 Å². The standard InChI is InChI=1S/C7H8Cl5N4OP3/c1-17-7-4-2-3-6(5-7)13-20(12)15-18(8,9)14-19(10,11)16-20/h2-5,13H,1H3. The molecule has 1 aromatic rings. The fourth-order valence-electron chi connectivity index (χ4n) is 1.37. The summed E-state index contributed by atoms with van der Waals surface area (Å²) in [5.41, 5.74) is 0.642. The zero-order chi connectivity index (χ0) is 15.0. The number of methoxy groups -OCH3 is 1. The molecule has 13 heteroatoms. The number of halogens is 5. The lowest BCUT2D eigenvalue weighted by atomic mass is 10.3. The van der Waals surface area contributed by atoms with E-state index in [1.54, 1.807) is 31.4 Å². The molecule has 1 aliphatic heterocycles. The van der Waals surface area contributed by atoms with Crippen molar-refractivity contribution < 1.29 is 4.74 Å². The highest BCUT2D eigenvalue weighted by Gasteiger charge is 2.32.